The van der Waals surface area contributed by atoms with Crippen molar-refractivity contribution in [3.05, 3.63) is 59.3 Å². The summed E-state index contributed by atoms with van der Waals surface area (Å²) < 4.78 is 0. The number of hydrogen-bond acceptors (Lipinski definition) is 3. The summed E-state index contributed by atoms with van der Waals surface area (Å²) in [6.07, 6.45) is 1.71. The fourth-order valence-corrected chi connectivity index (χ4v) is 1.75. The minimum Gasteiger partial charge on any atom is -0.388 e. The topological polar surface area (TPSA) is 59.1 Å². The Morgan fingerprint density at radius 3 is 2.59 bits per heavy atom. The molecule has 0 amide bonds. The molecule has 1 unspecified atom stereocenters. The Labute approximate surface area is 101 Å². The Morgan fingerprint density at radius 1 is 1.24 bits per heavy atom. The van der Waals surface area contributed by atoms with Crippen LogP contribution in [0.4, 0.5) is 5.82 Å². The molecule has 1 aromatic heterocycles. The number of aromatic nitrogens is 1. The second-order valence-corrected chi connectivity index (χ2v) is 4.22. The standard InChI is InChI=1S/C14H16N2O/c1-10-2-4-12(5-3-10)13(17)8-11-6-7-16-14(15)9-11/h2-7,9,13,17H,8H2,1H3,(H2,15,16). The highest BCUT2D eigenvalue weighted by molar-refractivity contribution is 5.33. The van der Waals surface area contributed by atoms with E-state index >= 15 is 0 Å². The molecule has 0 saturated carbocycles. The van der Waals surface area contributed by atoms with Crippen LogP contribution < -0.4 is 5.73 Å². The van der Waals surface area contributed by atoms with Crippen molar-refractivity contribution < 1.29 is 5.11 Å². The van der Waals surface area contributed by atoms with Crippen LogP contribution >= 0.6 is 0 Å². The molecule has 0 radical (unpaired) electrons. The minimum atomic E-state index is -0.502. The van der Waals surface area contributed by atoms with Gasteiger partial charge in [0.25, 0.3) is 0 Å². The maximum atomic E-state index is 10.1. The number of nitrogen functional groups attached to an aromatic ring is 1. The third kappa shape index (κ3) is 3.04. The summed E-state index contributed by atoms with van der Waals surface area (Å²) in [7, 11) is 0. The first-order valence-corrected chi connectivity index (χ1v) is 5.60. The Bertz CT molecular complexity index is 494. The van der Waals surface area contributed by atoms with Gasteiger partial charge in [-0.05, 0) is 30.2 Å². The van der Waals surface area contributed by atoms with Crippen LogP contribution in [0.2, 0.25) is 0 Å². The Balaban J connectivity index is 2.11. The van der Waals surface area contributed by atoms with E-state index in [1.165, 1.54) is 5.56 Å². The predicted octanol–water partition coefficient (Wildman–Crippen LogP) is 2.25. The average Bonchev–Trinajstić information content (AvgIpc) is 2.29. The van der Waals surface area contributed by atoms with E-state index in [1.54, 1.807) is 12.3 Å². The molecule has 2 aromatic rings. The summed E-state index contributed by atoms with van der Waals surface area (Å²) in [5.41, 5.74) is 8.70. The summed E-state index contributed by atoms with van der Waals surface area (Å²) in [6.45, 7) is 2.03. The molecular formula is C14H16N2O. The highest BCUT2D eigenvalue weighted by Gasteiger charge is 2.08. The van der Waals surface area contributed by atoms with E-state index < -0.39 is 6.10 Å². The smallest absolute Gasteiger partial charge is 0.123 e. The third-order valence-corrected chi connectivity index (χ3v) is 2.74. The van der Waals surface area contributed by atoms with Crippen LogP contribution in [0, 0.1) is 6.92 Å². The van der Waals surface area contributed by atoms with Gasteiger partial charge in [-0.15, -0.1) is 0 Å². The van der Waals surface area contributed by atoms with E-state index in [9.17, 15) is 5.11 Å². The number of hydrogen-bond donors (Lipinski definition) is 2. The number of anilines is 1. The molecule has 0 fully saturated rings. The lowest BCUT2D eigenvalue weighted by atomic mass is 10.0. The van der Waals surface area contributed by atoms with Crippen molar-refractivity contribution in [3.63, 3.8) is 0 Å². The lowest BCUT2D eigenvalue weighted by Gasteiger charge is -2.11. The Kier molecular flexibility index (Phi) is 3.40. The zero-order valence-corrected chi connectivity index (χ0v) is 9.80. The quantitative estimate of drug-likeness (QED) is 0.847. The number of nitrogens with zero attached hydrogens (tertiary/aromatic N) is 1. The molecule has 3 nitrogen and oxygen atoms in total. The average molecular weight is 228 g/mol. The number of aliphatic hydroxyl groups excluding tert-OH is 1. The van der Waals surface area contributed by atoms with Crippen molar-refractivity contribution in [2.24, 2.45) is 0 Å². The van der Waals surface area contributed by atoms with E-state index in [0.717, 1.165) is 11.1 Å². The first-order chi connectivity index (χ1) is 8.15. The van der Waals surface area contributed by atoms with E-state index in [2.05, 4.69) is 4.98 Å². The lowest BCUT2D eigenvalue weighted by molar-refractivity contribution is 0.178. The van der Waals surface area contributed by atoms with Crippen LogP contribution in [0.1, 0.15) is 22.8 Å². The van der Waals surface area contributed by atoms with Crippen molar-refractivity contribution in [1.82, 2.24) is 4.98 Å². The SMILES string of the molecule is Cc1ccc(C(O)Cc2ccnc(N)c2)cc1. The lowest BCUT2D eigenvalue weighted by Crippen LogP contribution is -2.02. The summed E-state index contributed by atoms with van der Waals surface area (Å²) in [6, 6.07) is 11.6. The maximum Gasteiger partial charge on any atom is 0.123 e. The van der Waals surface area contributed by atoms with Crippen molar-refractivity contribution in [1.29, 1.82) is 0 Å². The second-order valence-electron chi connectivity index (χ2n) is 4.22. The largest absolute Gasteiger partial charge is 0.388 e. The molecule has 0 aliphatic heterocycles. The van der Waals surface area contributed by atoms with E-state index in [-0.39, 0.29) is 0 Å². The zero-order chi connectivity index (χ0) is 12.3. The van der Waals surface area contributed by atoms with Gasteiger partial charge in [-0.25, -0.2) is 4.98 Å². The van der Waals surface area contributed by atoms with Gasteiger partial charge in [0.05, 0.1) is 6.10 Å². The molecule has 2 rings (SSSR count). The Morgan fingerprint density at radius 2 is 1.94 bits per heavy atom. The van der Waals surface area contributed by atoms with Gasteiger partial charge in [0.15, 0.2) is 0 Å². The van der Waals surface area contributed by atoms with E-state index in [1.807, 2.05) is 37.3 Å². The molecule has 1 atom stereocenters. The summed E-state index contributed by atoms with van der Waals surface area (Å²) >= 11 is 0. The molecule has 1 heterocycles. The van der Waals surface area contributed by atoms with E-state index in [0.29, 0.717) is 12.2 Å². The normalized spacial score (nSPS) is 12.4. The number of aryl methyl sites for hydroxylation is 1. The van der Waals surface area contributed by atoms with Gasteiger partial charge in [0.2, 0.25) is 0 Å². The van der Waals surface area contributed by atoms with Gasteiger partial charge in [-0.3, -0.25) is 0 Å². The van der Waals surface area contributed by atoms with Crippen molar-refractivity contribution in [3.8, 4) is 0 Å². The number of aliphatic hydroxyl groups is 1. The van der Waals surface area contributed by atoms with Crippen LogP contribution in [0.5, 0.6) is 0 Å². The third-order valence-electron chi connectivity index (χ3n) is 2.74. The van der Waals surface area contributed by atoms with Gasteiger partial charge < -0.3 is 10.8 Å². The molecule has 0 spiro atoms. The fourth-order valence-electron chi connectivity index (χ4n) is 1.75. The first kappa shape index (κ1) is 11.6. The molecule has 1 aromatic carbocycles. The molecule has 0 saturated heterocycles. The number of rotatable bonds is 3. The minimum absolute atomic E-state index is 0.485. The molecule has 3 N–H and O–H groups in total. The maximum absolute atomic E-state index is 10.1. The van der Waals surface area contributed by atoms with Gasteiger partial charge in [-0.2, -0.15) is 0 Å². The van der Waals surface area contributed by atoms with Gasteiger partial charge in [0.1, 0.15) is 5.82 Å². The number of benzene rings is 1. The molecule has 0 aliphatic rings. The van der Waals surface area contributed by atoms with Crippen molar-refractivity contribution in [2.45, 2.75) is 19.4 Å². The first-order valence-electron chi connectivity index (χ1n) is 5.60. The summed E-state index contributed by atoms with van der Waals surface area (Å²) in [4.78, 5) is 3.93. The molecule has 3 heteroatoms. The van der Waals surface area contributed by atoms with Crippen LogP contribution in [-0.4, -0.2) is 10.1 Å². The van der Waals surface area contributed by atoms with Crippen LogP contribution in [0.3, 0.4) is 0 Å². The molecule has 0 aliphatic carbocycles. The fraction of sp³-hybridized carbons (Fsp3) is 0.214. The van der Waals surface area contributed by atoms with Crippen LogP contribution in [0.15, 0.2) is 42.6 Å². The Hall–Kier alpha value is -1.87. The number of nitrogens with two attached hydrogens (primary N) is 1. The highest BCUT2D eigenvalue weighted by Crippen LogP contribution is 2.19. The molecule has 88 valence electrons. The van der Waals surface area contributed by atoms with Crippen molar-refractivity contribution in [2.75, 3.05) is 5.73 Å². The monoisotopic (exact) mass is 228 g/mol. The van der Waals surface area contributed by atoms with E-state index in [4.69, 9.17) is 5.73 Å². The summed E-state index contributed by atoms with van der Waals surface area (Å²) in [5.74, 6) is 0.485. The second kappa shape index (κ2) is 4.97. The van der Waals surface area contributed by atoms with Gasteiger partial charge >= 0.3 is 0 Å². The molecule has 17 heavy (non-hydrogen) atoms. The highest BCUT2D eigenvalue weighted by atomic mass is 16.3. The number of pyridine rings is 1. The zero-order valence-electron chi connectivity index (χ0n) is 9.80. The molecule has 0 bridgehead atoms. The van der Waals surface area contributed by atoms with Gasteiger partial charge in [0, 0.05) is 12.6 Å². The summed E-state index contributed by atoms with van der Waals surface area (Å²) in [5, 5.41) is 10.1. The van der Waals surface area contributed by atoms with Crippen molar-refractivity contribution >= 4 is 5.82 Å². The predicted molar refractivity (Wildman–Crippen MR) is 68.5 cm³/mol. The van der Waals surface area contributed by atoms with Crippen LogP contribution in [-0.2, 0) is 6.42 Å². The van der Waals surface area contributed by atoms with Crippen LogP contribution in [0.25, 0.3) is 0 Å². The molecular weight excluding hydrogens is 212 g/mol. The van der Waals surface area contributed by atoms with Gasteiger partial charge in [-0.1, -0.05) is 29.8 Å².